The van der Waals surface area contributed by atoms with Gasteiger partial charge in [-0.2, -0.15) is 8.42 Å². The fourth-order valence-electron chi connectivity index (χ4n) is 2.67. The van der Waals surface area contributed by atoms with Crippen LogP contribution in [-0.2, 0) is 15.1 Å². The molecule has 166 valence electrons. The number of aliphatic hydroxyl groups is 2. The molecule has 8 heteroatoms. The average molecular weight is 415 g/mol. The van der Waals surface area contributed by atoms with Crippen LogP contribution in [0.3, 0.4) is 0 Å². The minimum Gasteiger partial charge on any atom is -0.394 e. The predicted octanol–water partition coefficient (Wildman–Crippen LogP) is 4.18. The van der Waals surface area contributed by atoms with Crippen LogP contribution in [0, 0.1) is 0 Å². The molecule has 0 rings (SSSR count). The Labute approximate surface area is 166 Å². The predicted molar refractivity (Wildman–Crippen MR) is 108 cm³/mol. The van der Waals surface area contributed by atoms with Crippen LogP contribution in [0.15, 0.2) is 0 Å². The van der Waals surface area contributed by atoms with Crippen molar-refractivity contribution in [1.82, 2.24) is 0 Å². The van der Waals surface area contributed by atoms with Gasteiger partial charge in [0, 0.05) is 6.61 Å². The van der Waals surface area contributed by atoms with Crippen molar-refractivity contribution in [2.45, 2.75) is 103 Å². The van der Waals surface area contributed by atoms with Crippen LogP contribution in [0.5, 0.6) is 0 Å². The van der Waals surface area contributed by atoms with E-state index in [1.807, 2.05) is 0 Å². The summed E-state index contributed by atoms with van der Waals surface area (Å²) < 4.78 is 36.9. The molecule has 0 radical (unpaired) electrons. The molecule has 1 atom stereocenters. The normalized spacial score (nSPS) is 12.5. The fraction of sp³-hybridized carbons (Fsp3) is 1.00. The molecular formula is C19H42O7S. The maximum atomic E-state index is 9.10. The first kappa shape index (κ1) is 29.0. The maximum Gasteiger partial charge on any atom is 0.394 e. The maximum absolute atomic E-state index is 9.10. The van der Waals surface area contributed by atoms with Gasteiger partial charge in [0.25, 0.3) is 0 Å². The van der Waals surface area contributed by atoms with E-state index in [0.717, 1.165) is 6.42 Å². The zero-order valence-electron chi connectivity index (χ0n) is 17.0. The van der Waals surface area contributed by atoms with Crippen molar-refractivity contribution in [3.05, 3.63) is 0 Å². The molecule has 0 aliphatic heterocycles. The van der Waals surface area contributed by atoms with Crippen LogP contribution in [0.1, 0.15) is 96.8 Å². The molecule has 0 saturated heterocycles. The molecule has 1 unspecified atom stereocenters. The van der Waals surface area contributed by atoms with Gasteiger partial charge in [-0.1, -0.05) is 90.4 Å². The van der Waals surface area contributed by atoms with E-state index in [9.17, 15) is 0 Å². The van der Waals surface area contributed by atoms with E-state index in [1.165, 1.54) is 83.5 Å². The largest absolute Gasteiger partial charge is 0.394 e. The van der Waals surface area contributed by atoms with Crippen molar-refractivity contribution in [2.24, 2.45) is 0 Å². The quantitative estimate of drug-likeness (QED) is 0.196. The molecule has 0 fully saturated rings. The van der Waals surface area contributed by atoms with Gasteiger partial charge in [0.2, 0.25) is 0 Å². The zero-order chi connectivity index (χ0) is 20.8. The Hall–Kier alpha value is -0.250. The van der Waals surface area contributed by atoms with Crippen molar-refractivity contribution in [3.63, 3.8) is 0 Å². The topological polar surface area (TPSA) is 124 Å². The van der Waals surface area contributed by atoms with Gasteiger partial charge in [0.05, 0.1) is 13.2 Å². The Balaban J connectivity index is 0. The van der Waals surface area contributed by atoms with E-state index in [2.05, 4.69) is 6.92 Å². The first-order chi connectivity index (χ1) is 12.8. The molecule has 4 N–H and O–H groups in total. The third-order valence-electron chi connectivity index (χ3n) is 4.16. The van der Waals surface area contributed by atoms with E-state index in [0.29, 0.717) is 6.61 Å². The van der Waals surface area contributed by atoms with Gasteiger partial charge < -0.3 is 14.9 Å². The Morgan fingerprint density at radius 2 is 1.07 bits per heavy atom. The van der Waals surface area contributed by atoms with Crippen LogP contribution in [0.4, 0.5) is 0 Å². The molecule has 0 saturated carbocycles. The lowest BCUT2D eigenvalue weighted by Gasteiger charge is -2.08. The van der Waals surface area contributed by atoms with Crippen molar-refractivity contribution in [2.75, 3.05) is 19.8 Å². The first-order valence-electron chi connectivity index (χ1n) is 10.4. The van der Waals surface area contributed by atoms with E-state index in [1.54, 1.807) is 0 Å². The molecule has 0 aliphatic carbocycles. The first-order valence-corrected chi connectivity index (χ1v) is 11.8. The lowest BCUT2D eigenvalue weighted by molar-refractivity contribution is 0.00526. The number of ether oxygens (including phenoxy) is 1. The van der Waals surface area contributed by atoms with Gasteiger partial charge in [-0.3, -0.25) is 9.11 Å². The van der Waals surface area contributed by atoms with E-state index < -0.39 is 16.5 Å². The number of hydrogen-bond donors (Lipinski definition) is 4. The molecular weight excluding hydrogens is 372 g/mol. The van der Waals surface area contributed by atoms with Gasteiger partial charge >= 0.3 is 10.4 Å². The Bertz CT molecular complexity index is 366. The smallest absolute Gasteiger partial charge is 0.394 e. The summed E-state index contributed by atoms with van der Waals surface area (Å²) in [5, 5.41) is 17.7. The Morgan fingerprint density at radius 1 is 0.741 bits per heavy atom. The molecule has 0 aromatic rings. The highest BCUT2D eigenvalue weighted by Crippen LogP contribution is 2.12. The van der Waals surface area contributed by atoms with Crippen molar-refractivity contribution in [3.8, 4) is 0 Å². The standard InChI is InChI=1S/C19H40O3.H2O4S/c1-2-3-4-5-6-7-8-9-10-11-12-13-14-15-16-22-18-19(21)17-20;1-5(2,3)4/h19-21H,2-18H2,1H3;(H2,1,2,3,4). The second-order valence-electron chi connectivity index (χ2n) is 6.96. The summed E-state index contributed by atoms with van der Waals surface area (Å²) in [5.41, 5.74) is 0. The van der Waals surface area contributed by atoms with Crippen molar-refractivity contribution in [1.29, 1.82) is 0 Å². The fourth-order valence-corrected chi connectivity index (χ4v) is 2.67. The second kappa shape index (κ2) is 22.0. The number of rotatable bonds is 18. The Morgan fingerprint density at radius 3 is 1.41 bits per heavy atom. The summed E-state index contributed by atoms with van der Waals surface area (Å²) in [5.74, 6) is 0. The van der Waals surface area contributed by atoms with Crippen molar-refractivity contribution < 1.29 is 32.5 Å². The van der Waals surface area contributed by atoms with E-state index in [-0.39, 0.29) is 13.2 Å². The average Bonchev–Trinajstić information content (AvgIpc) is 2.59. The van der Waals surface area contributed by atoms with Gasteiger partial charge in [-0.25, -0.2) is 0 Å². The SMILES string of the molecule is CCCCCCCCCCCCCCCCOCC(O)CO.O=S(=O)(O)O. The Kier molecular flexibility index (Phi) is 23.6. The van der Waals surface area contributed by atoms with Gasteiger partial charge in [-0.15, -0.1) is 0 Å². The summed E-state index contributed by atoms with van der Waals surface area (Å²) >= 11 is 0. The molecule has 0 aromatic carbocycles. The van der Waals surface area contributed by atoms with E-state index >= 15 is 0 Å². The molecule has 7 nitrogen and oxygen atoms in total. The number of unbranched alkanes of at least 4 members (excludes halogenated alkanes) is 13. The number of aliphatic hydroxyl groups excluding tert-OH is 2. The summed E-state index contributed by atoms with van der Waals surface area (Å²) in [7, 11) is -4.67. The monoisotopic (exact) mass is 414 g/mol. The second-order valence-corrected chi connectivity index (χ2v) is 7.85. The third-order valence-corrected chi connectivity index (χ3v) is 4.16. The van der Waals surface area contributed by atoms with Crippen LogP contribution in [0.25, 0.3) is 0 Å². The highest BCUT2D eigenvalue weighted by Gasteiger charge is 2.00. The zero-order valence-corrected chi connectivity index (χ0v) is 17.8. The van der Waals surface area contributed by atoms with Gasteiger partial charge in [-0.05, 0) is 6.42 Å². The van der Waals surface area contributed by atoms with Gasteiger partial charge in [0.15, 0.2) is 0 Å². The summed E-state index contributed by atoms with van der Waals surface area (Å²) in [4.78, 5) is 0. The minimum atomic E-state index is -4.67. The van der Waals surface area contributed by atoms with Gasteiger partial charge in [0.1, 0.15) is 6.10 Å². The highest BCUT2D eigenvalue weighted by atomic mass is 32.3. The van der Waals surface area contributed by atoms with Crippen LogP contribution in [0.2, 0.25) is 0 Å². The lowest BCUT2D eigenvalue weighted by atomic mass is 10.0. The van der Waals surface area contributed by atoms with Crippen molar-refractivity contribution >= 4 is 10.4 Å². The molecule has 0 spiro atoms. The highest BCUT2D eigenvalue weighted by molar-refractivity contribution is 7.79. The summed E-state index contributed by atoms with van der Waals surface area (Å²) in [6.07, 6.45) is 18.3. The molecule has 0 bridgehead atoms. The molecule has 0 heterocycles. The molecule has 0 aliphatic rings. The summed E-state index contributed by atoms with van der Waals surface area (Å²) in [6, 6.07) is 0. The number of hydrogen-bond acceptors (Lipinski definition) is 5. The molecule has 0 aromatic heterocycles. The van der Waals surface area contributed by atoms with Crippen LogP contribution >= 0.6 is 0 Å². The van der Waals surface area contributed by atoms with Crippen LogP contribution < -0.4 is 0 Å². The minimum absolute atomic E-state index is 0.210. The van der Waals surface area contributed by atoms with E-state index in [4.69, 9.17) is 32.5 Å². The summed E-state index contributed by atoms with van der Waals surface area (Å²) in [6.45, 7) is 3.03. The lowest BCUT2D eigenvalue weighted by Crippen LogP contribution is -2.19. The third kappa shape index (κ3) is 37.2. The molecule has 0 amide bonds. The van der Waals surface area contributed by atoms with Crippen LogP contribution in [-0.4, -0.2) is 53.7 Å². The molecule has 27 heavy (non-hydrogen) atoms.